The lowest BCUT2D eigenvalue weighted by atomic mass is 9.55. The van der Waals surface area contributed by atoms with E-state index in [1.807, 2.05) is 37.3 Å². The number of hydrogen-bond donors (Lipinski definition) is 2. The van der Waals surface area contributed by atoms with E-state index in [0.29, 0.717) is 71.7 Å². The lowest BCUT2D eigenvalue weighted by Crippen LogP contribution is -2.70. The summed E-state index contributed by atoms with van der Waals surface area (Å²) in [5.41, 5.74) is 3.16. The second-order valence-corrected chi connectivity index (χ2v) is 19.3. The van der Waals surface area contributed by atoms with Gasteiger partial charge in [0.05, 0.1) is 36.4 Å². The number of rotatable bonds is 21. The van der Waals surface area contributed by atoms with Crippen LogP contribution in [0, 0.1) is 17.8 Å². The Morgan fingerprint density at radius 1 is 0.985 bits per heavy atom. The molecule has 2 N–H and O–H groups in total. The minimum Gasteiger partial charge on any atom is -0.460 e. The summed E-state index contributed by atoms with van der Waals surface area (Å²) < 4.78 is 59.7. The monoisotopic (exact) mass is 907 g/mol. The highest BCUT2D eigenvalue weighted by molar-refractivity contribution is 7.89. The second kappa shape index (κ2) is 21.1. The number of para-hydroxylation sites is 1. The number of nitrogens with zero attached hydrogens (tertiary/aromatic N) is 3. The van der Waals surface area contributed by atoms with E-state index in [-0.39, 0.29) is 55.4 Å². The molecule has 7 atom stereocenters. The quantitative estimate of drug-likeness (QED) is 0.0354. The lowest BCUT2D eigenvalue weighted by Gasteiger charge is -2.59. The highest BCUT2D eigenvalue weighted by atomic mass is 32.2. The summed E-state index contributed by atoms with van der Waals surface area (Å²) in [4.78, 5) is 22.7. The fraction of sp³-hybridized carbons (Fsp3) is 0.471. The fourth-order valence-electron chi connectivity index (χ4n) is 10.5. The van der Waals surface area contributed by atoms with Crippen LogP contribution in [0.3, 0.4) is 0 Å². The first-order chi connectivity index (χ1) is 31.8. The van der Waals surface area contributed by atoms with Crippen molar-refractivity contribution >= 4 is 32.9 Å². The van der Waals surface area contributed by atoms with E-state index < -0.39 is 34.1 Å². The molecule has 2 aliphatic heterocycles. The van der Waals surface area contributed by atoms with Crippen molar-refractivity contribution in [1.29, 1.82) is 0 Å². The van der Waals surface area contributed by atoms with Gasteiger partial charge in [-0.15, -0.1) is 6.58 Å². The third-order valence-corrected chi connectivity index (χ3v) is 15.2. The first-order valence-electron chi connectivity index (χ1n) is 23.2. The number of carbonyl (C=O) groups excluding carboxylic acids is 1. The molecule has 0 bridgehead atoms. The normalized spacial score (nSPS) is 25.6. The summed E-state index contributed by atoms with van der Waals surface area (Å²) >= 11 is 0. The summed E-state index contributed by atoms with van der Waals surface area (Å²) in [6.07, 6.45) is 13.2. The van der Waals surface area contributed by atoms with E-state index in [1.54, 1.807) is 54.7 Å². The first kappa shape index (κ1) is 46.6. The van der Waals surface area contributed by atoms with E-state index in [4.69, 9.17) is 28.9 Å². The van der Waals surface area contributed by atoms with Crippen LogP contribution in [-0.4, -0.2) is 91.0 Å². The van der Waals surface area contributed by atoms with Crippen LogP contribution in [0.15, 0.2) is 113 Å². The average Bonchev–Trinajstić information content (AvgIpc) is 3.33. The third kappa shape index (κ3) is 9.66. The van der Waals surface area contributed by atoms with Crippen LogP contribution >= 0.6 is 0 Å². The van der Waals surface area contributed by atoms with Gasteiger partial charge < -0.3 is 34.0 Å². The molecule has 3 aromatic carbocycles. The molecule has 2 aliphatic carbocycles. The van der Waals surface area contributed by atoms with Crippen LogP contribution in [0.25, 0.3) is 10.9 Å². The van der Waals surface area contributed by atoms with E-state index in [9.17, 15) is 15.0 Å². The molecule has 0 spiro atoms. The number of hydrogen-bond acceptors (Lipinski definition) is 12. The van der Waals surface area contributed by atoms with Crippen molar-refractivity contribution in [2.24, 2.45) is 22.9 Å². The van der Waals surface area contributed by atoms with Gasteiger partial charge in [0.2, 0.25) is 22.1 Å². The molecule has 1 saturated heterocycles. The Labute approximate surface area is 382 Å². The summed E-state index contributed by atoms with van der Waals surface area (Å²) in [6.45, 7) is 6.86. The Bertz CT molecular complexity index is 2470. The number of oxime groups is 1. The molecule has 2 fully saturated rings. The molecule has 14 heteroatoms. The van der Waals surface area contributed by atoms with Gasteiger partial charge in [-0.2, -0.15) is 4.31 Å². The number of aromatic nitrogens is 1. The van der Waals surface area contributed by atoms with Crippen LogP contribution in [-0.2, 0) is 24.3 Å². The minimum absolute atomic E-state index is 0.00156. The molecule has 0 amide bonds. The second-order valence-electron chi connectivity index (χ2n) is 17.4. The van der Waals surface area contributed by atoms with Crippen LogP contribution in [0.1, 0.15) is 99.4 Å². The number of pyridine rings is 1. The topological polar surface area (TPSA) is 166 Å². The summed E-state index contributed by atoms with van der Waals surface area (Å²) in [6, 6.07) is 20.5. The largest absolute Gasteiger partial charge is 0.460 e. The Morgan fingerprint density at radius 2 is 1.78 bits per heavy atom. The van der Waals surface area contributed by atoms with Crippen molar-refractivity contribution in [2.75, 3.05) is 33.0 Å². The number of benzene rings is 3. The van der Waals surface area contributed by atoms with E-state index >= 15 is 8.42 Å². The molecule has 1 saturated carbocycles. The van der Waals surface area contributed by atoms with Gasteiger partial charge >= 0.3 is 0 Å². The molecule has 0 radical (unpaired) electrons. The Kier molecular flexibility index (Phi) is 15.1. The standard InChI is InChI=1S/C51H61N3O10S/c1-3-25-54(65(58,59)45-20-12-16-36-17-13-24-52-50(36)45)46-33-43(53-64-47-21-7-10-29-60-47)41-31-37(15-5-8-26-55)40(19-6-9-27-56)48-42-32-39(62-38-18-11-14-35(30-38)34-57)22-23-44(42)63-51(46,49(41)48)61-28-4-2/h4,11-14,16-18,20,22-24,30-32,34,37,40,46-49,55-56H,2-3,5-10,15,19,21,25-29,33H2,1H3/t37-,40+,46-,47?,48+,49+,51+/m0/s1. The van der Waals surface area contributed by atoms with Crippen molar-refractivity contribution in [3.63, 3.8) is 0 Å². The van der Waals surface area contributed by atoms with Gasteiger partial charge in [0.1, 0.15) is 28.4 Å². The molecular weight excluding hydrogens is 847 g/mol. The number of aliphatic hydroxyl groups excluding tert-OH is 2. The number of aliphatic hydroxyl groups is 2. The molecule has 3 heterocycles. The lowest BCUT2D eigenvalue weighted by molar-refractivity contribution is -0.251. The Morgan fingerprint density at radius 3 is 2.55 bits per heavy atom. The Hall–Kier alpha value is -4.96. The number of fused-ring (bicyclic) bond motifs is 3. The van der Waals surface area contributed by atoms with E-state index in [1.165, 1.54) is 4.31 Å². The summed E-state index contributed by atoms with van der Waals surface area (Å²) in [7, 11) is -4.32. The molecular formula is C51H61N3O10S. The van der Waals surface area contributed by atoms with Crippen molar-refractivity contribution in [1.82, 2.24) is 9.29 Å². The molecule has 346 valence electrons. The molecule has 1 aromatic heterocycles. The first-order valence-corrected chi connectivity index (χ1v) is 24.6. The molecule has 1 unspecified atom stereocenters. The number of carbonyl (C=O) groups is 1. The predicted molar refractivity (Wildman–Crippen MR) is 247 cm³/mol. The maximum absolute atomic E-state index is 15.6. The van der Waals surface area contributed by atoms with Crippen molar-refractivity contribution in [3.8, 4) is 17.2 Å². The minimum atomic E-state index is -4.32. The van der Waals surface area contributed by atoms with Gasteiger partial charge in [0.25, 0.3) is 0 Å². The maximum atomic E-state index is 15.6. The molecule has 13 nitrogen and oxygen atoms in total. The van der Waals surface area contributed by atoms with Gasteiger partial charge in [-0.05, 0) is 105 Å². The highest BCUT2D eigenvalue weighted by Crippen LogP contribution is 2.62. The zero-order valence-electron chi connectivity index (χ0n) is 37.1. The molecule has 65 heavy (non-hydrogen) atoms. The third-order valence-electron chi connectivity index (χ3n) is 13.3. The van der Waals surface area contributed by atoms with Gasteiger partial charge in [-0.1, -0.05) is 67.4 Å². The van der Waals surface area contributed by atoms with Crippen molar-refractivity contribution in [3.05, 3.63) is 114 Å². The number of ether oxygens (including phenoxy) is 4. The zero-order valence-corrected chi connectivity index (χ0v) is 37.9. The molecule has 4 aliphatic rings. The number of unbranched alkanes of at least 4 members (excludes halogenated alkanes) is 2. The van der Waals surface area contributed by atoms with Crippen LogP contribution < -0.4 is 9.47 Å². The van der Waals surface area contributed by atoms with Crippen LogP contribution in [0.4, 0.5) is 0 Å². The van der Waals surface area contributed by atoms with Gasteiger partial charge in [-0.25, -0.2) is 8.42 Å². The van der Waals surface area contributed by atoms with Gasteiger partial charge in [0.15, 0.2) is 0 Å². The van der Waals surface area contributed by atoms with Crippen LogP contribution in [0.2, 0.25) is 0 Å². The van der Waals surface area contributed by atoms with Crippen molar-refractivity contribution in [2.45, 2.75) is 106 Å². The van der Waals surface area contributed by atoms with Crippen molar-refractivity contribution < 1.29 is 47.2 Å². The smallest absolute Gasteiger partial charge is 0.245 e. The number of allylic oxidation sites excluding steroid dienone is 1. The fourth-order valence-corrected chi connectivity index (χ4v) is 12.4. The maximum Gasteiger partial charge on any atom is 0.245 e. The van der Waals surface area contributed by atoms with Gasteiger partial charge in [-0.3, -0.25) is 9.78 Å². The summed E-state index contributed by atoms with van der Waals surface area (Å²) in [5, 5.41) is 25.6. The van der Waals surface area contributed by atoms with E-state index in [0.717, 1.165) is 55.9 Å². The number of aldehydes is 1. The molecule has 4 aromatic rings. The predicted octanol–water partition coefficient (Wildman–Crippen LogP) is 9.10. The SMILES string of the molecule is C=CCO[C@@]12Oc3ccc(Oc4cccc(C=O)c4)cc3[C@H]3[C@H](CCCCO)[C@@H](CCCCO)C=C(C(=NOC4CCCCO4)C[C@@H]1N(CCC)S(=O)(=O)c1cccc4cccnc14)[C@H]32. The molecule has 8 rings (SSSR count). The van der Waals surface area contributed by atoms with E-state index in [2.05, 4.69) is 17.6 Å². The average molecular weight is 908 g/mol. The number of sulfonamides is 1. The highest BCUT2D eigenvalue weighted by Gasteiger charge is 2.66. The Balaban J connectivity index is 1.37. The summed E-state index contributed by atoms with van der Waals surface area (Å²) in [5.74, 6) is -1.04. The van der Waals surface area contributed by atoms with Crippen LogP contribution in [0.5, 0.6) is 17.2 Å². The zero-order chi connectivity index (χ0) is 45.4. The van der Waals surface area contributed by atoms with Gasteiger partial charge in [0, 0.05) is 61.2 Å².